The van der Waals surface area contributed by atoms with Crippen LogP contribution in [-0.4, -0.2) is 11.5 Å². The van der Waals surface area contributed by atoms with E-state index in [1.54, 1.807) is 13.0 Å². The van der Waals surface area contributed by atoms with Crippen molar-refractivity contribution in [2.75, 3.05) is 6.61 Å². The Bertz CT molecular complexity index is 582. The molecule has 4 nitrogen and oxygen atoms in total. The van der Waals surface area contributed by atoms with Crippen molar-refractivity contribution >= 4 is 5.69 Å². The Labute approximate surface area is 118 Å². The molecule has 0 atom stereocenters. The molecule has 0 aliphatic carbocycles. The topological polar surface area (TPSA) is 52.4 Å². The van der Waals surface area contributed by atoms with Crippen molar-refractivity contribution in [1.29, 1.82) is 0 Å². The number of nitrogens with zero attached hydrogens (tertiary/aromatic N) is 1. The molecule has 2 aromatic rings. The van der Waals surface area contributed by atoms with E-state index < -0.39 is 0 Å². The van der Waals surface area contributed by atoms with Gasteiger partial charge in [-0.2, -0.15) is 0 Å². The smallest absolute Gasteiger partial charge is 0.272 e. The van der Waals surface area contributed by atoms with E-state index >= 15 is 0 Å². The van der Waals surface area contributed by atoms with Gasteiger partial charge < -0.3 is 4.74 Å². The zero-order valence-electron chi connectivity index (χ0n) is 11.4. The molecule has 0 saturated carbocycles. The number of rotatable bonds is 6. The lowest BCUT2D eigenvalue weighted by Crippen LogP contribution is -2.02. The summed E-state index contributed by atoms with van der Waals surface area (Å²) in [7, 11) is 0. The maximum atomic E-state index is 10.9. The zero-order chi connectivity index (χ0) is 14.4. The van der Waals surface area contributed by atoms with Gasteiger partial charge in [0.2, 0.25) is 0 Å². The van der Waals surface area contributed by atoms with Crippen LogP contribution in [0.4, 0.5) is 5.69 Å². The molecule has 2 rings (SSSR count). The van der Waals surface area contributed by atoms with Crippen LogP contribution in [-0.2, 0) is 17.8 Å². The molecule has 0 N–H and O–H groups in total. The van der Waals surface area contributed by atoms with Gasteiger partial charge >= 0.3 is 0 Å². The highest BCUT2D eigenvalue weighted by atomic mass is 16.6. The lowest BCUT2D eigenvalue weighted by molar-refractivity contribution is -0.385. The summed E-state index contributed by atoms with van der Waals surface area (Å²) in [4.78, 5) is 10.5. The summed E-state index contributed by atoms with van der Waals surface area (Å²) in [5, 5.41) is 10.9. The second-order valence-corrected chi connectivity index (χ2v) is 4.61. The van der Waals surface area contributed by atoms with Gasteiger partial charge in [0, 0.05) is 11.6 Å². The molecule has 4 heteroatoms. The Morgan fingerprint density at radius 1 is 1.10 bits per heavy atom. The lowest BCUT2D eigenvalue weighted by atomic mass is 10.0. The highest BCUT2D eigenvalue weighted by Crippen LogP contribution is 2.21. The fraction of sp³-hybridized carbons (Fsp3) is 0.250. The number of nitro groups is 1. The molecule has 0 spiro atoms. The minimum atomic E-state index is -0.344. The van der Waals surface area contributed by atoms with E-state index in [4.69, 9.17) is 4.74 Å². The SMILES string of the molecule is Cc1c(CCOCc2ccccc2)cccc1[N+](=O)[O-]. The molecule has 0 aliphatic rings. The van der Waals surface area contributed by atoms with Crippen molar-refractivity contribution in [2.24, 2.45) is 0 Å². The van der Waals surface area contributed by atoms with Crippen molar-refractivity contribution in [1.82, 2.24) is 0 Å². The largest absolute Gasteiger partial charge is 0.376 e. The van der Waals surface area contributed by atoms with Crippen LogP contribution in [0.25, 0.3) is 0 Å². The number of benzene rings is 2. The fourth-order valence-corrected chi connectivity index (χ4v) is 2.08. The van der Waals surface area contributed by atoms with Crippen LogP contribution < -0.4 is 0 Å². The first kappa shape index (κ1) is 14.2. The Balaban J connectivity index is 1.88. The van der Waals surface area contributed by atoms with Gasteiger partial charge in [-0.3, -0.25) is 10.1 Å². The molecule has 2 aromatic carbocycles. The van der Waals surface area contributed by atoms with Gasteiger partial charge in [-0.05, 0) is 24.5 Å². The summed E-state index contributed by atoms with van der Waals surface area (Å²) >= 11 is 0. The first-order valence-electron chi connectivity index (χ1n) is 6.53. The van der Waals surface area contributed by atoms with Crippen LogP contribution in [0.2, 0.25) is 0 Å². The molecule has 20 heavy (non-hydrogen) atoms. The van der Waals surface area contributed by atoms with Crippen molar-refractivity contribution < 1.29 is 9.66 Å². The summed E-state index contributed by atoms with van der Waals surface area (Å²) in [5.41, 5.74) is 2.99. The predicted molar refractivity (Wildman–Crippen MR) is 77.6 cm³/mol. The second-order valence-electron chi connectivity index (χ2n) is 4.61. The average Bonchev–Trinajstić information content (AvgIpc) is 2.46. The van der Waals surface area contributed by atoms with E-state index in [0.717, 1.165) is 16.7 Å². The van der Waals surface area contributed by atoms with Gasteiger partial charge in [0.25, 0.3) is 5.69 Å². The van der Waals surface area contributed by atoms with E-state index in [0.29, 0.717) is 19.6 Å². The number of nitro benzene ring substituents is 1. The first-order chi connectivity index (χ1) is 9.68. The van der Waals surface area contributed by atoms with Crippen LogP contribution in [0, 0.1) is 17.0 Å². The van der Waals surface area contributed by atoms with Gasteiger partial charge in [0.15, 0.2) is 0 Å². The van der Waals surface area contributed by atoms with Crippen molar-refractivity contribution in [2.45, 2.75) is 20.0 Å². The summed E-state index contributed by atoms with van der Waals surface area (Å²) in [5.74, 6) is 0. The van der Waals surface area contributed by atoms with Crippen LogP contribution in [0.15, 0.2) is 48.5 Å². The molecule has 0 fully saturated rings. The van der Waals surface area contributed by atoms with Crippen molar-refractivity contribution in [3.63, 3.8) is 0 Å². The molecule has 0 radical (unpaired) electrons. The molecule has 0 aromatic heterocycles. The Morgan fingerprint density at radius 2 is 1.85 bits per heavy atom. The van der Waals surface area contributed by atoms with Gasteiger partial charge in [-0.25, -0.2) is 0 Å². The van der Waals surface area contributed by atoms with Gasteiger partial charge in [-0.1, -0.05) is 42.5 Å². The highest BCUT2D eigenvalue weighted by Gasteiger charge is 2.12. The number of ether oxygens (including phenoxy) is 1. The molecule has 0 aliphatic heterocycles. The van der Waals surface area contributed by atoms with E-state index in [1.807, 2.05) is 36.4 Å². The van der Waals surface area contributed by atoms with Crippen LogP contribution >= 0.6 is 0 Å². The van der Waals surface area contributed by atoms with Crippen LogP contribution in [0.5, 0.6) is 0 Å². The average molecular weight is 271 g/mol. The standard InChI is InChI=1S/C16H17NO3/c1-13-15(8-5-9-16(13)17(18)19)10-11-20-12-14-6-3-2-4-7-14/h2-9H,10-12H2,1H3. The minimum Gasteiger partial charge on any atom is -0.376 e. The Kier molecular flexibility index (Phi) is 4.85. The summed E-state index contributed by atoms with van der Waals surface area (Å²) in [6.45, 7) is 2.90. The van der Waals surface area contributed by atoms with Crippen molar-refractivity contribution in [3.8, 4) is 0 Å². The van der Waals surface area contributed by atoms with Gasteiger partial charge in [-0.15, -0.1) is 0 Å². The fourth-order valence-electron chi connectivity index (χ4n) is 2.08. The zero-order valence-corrected chi connectivity index (χ0v) is 11.4. The van der Waals surface area contributed by atoms with E-state index in [-0.39, 0.29) is 10.6 Å². The van der Waals surface area contributed by atoms with E-state index in [2.05, 4.69) is 0 Å². The van der Waals surface area contributed by atoms with Gasteiger partial charge in [0.05, 0.1) is 18.1 Å². The van der Waals surface area contributed by atoms with Crippen molar-refractivity contribution in [3.05, 3.63) is 75.3 Å². The second kappa shape index (κ2) is 6.82. The molecular weight excluding hydrogens is 254 g/mol. The third-order valence-corrected chi connectivity index (χ3v) is 3.24. The first-order valence-corrected chi connectivity index (χ1v) is 6.53. The maximum absolute atomic E-state index is 10.9. The summed E-state index contributed by atoms with van der Waals surface area (Å²) in [6, 6.07) is 15.1. The lowest BCUT2D eigenvalue weighted by Gasteiger charge is -2.07. The summed E-state index contributed by atoms with van der Waals surface area (Å²) < 4.78 is 5.61. The van der Waals surface area contributed by atoms with E-state index in [9.17, 15) is 10.1 Å². The molecule has 0 heterocycles. The third-order valence-electron chi connectivity index (χ3n) is 3.24. The summed E-state index contributed by atoms with van der Waals surface area (Å²) in [6.07, 6.45) is 0.681. The quantitative estimate of drug-likeness (QED) is 0.457. The molecule has 0 saturated heterocycles. The molecule has 104 valence electrons. The minimum absolute atomic E-state index is 0.172. The molecule has 0 amide bonds. The molecule has 0 bridgehead atoms. The Hall–Kier alpha value is -2.20. The predicted octanol–water partition coefficient (Wildman–Crippen LogP) is 3.66. The molecule has 0 unspecified atom stereocenters. The number of hydrogen-bond acceptors (Lipinski definition) is 3. The normalized spacial score (nSPS) is 10.4. The highest BCUT2D eigenvalue weighted by molar-refractivity contribution is 5.44. The molecular formula is C16H17NO3. The number of hydrogen-bond donors (Lipinski definition) is 0. The van der Waals surface area contributed by atoms with Crippen LogP contribution in [0.3, 0.4) is 0 Å². The maximum Gasteiger partial charge on any atom is 0.272 e. The van der Waals surface area contributed by atoms with E-state index in [1.165, 1.54) is 6.07 Å². The monoisotopic (exact) mass is 271 g/mol. The van der Waals surface area contributed by atoms with Crippen LogP contribution in [0.1, 0.15) is 16.7 Å². The Morgan fingerprint density at radius 3 is 2.55 bits per heavy atom. The van der Waals surface area contributed by atoms with Gasteiger partial charge in [0.1, 0.15) is 0 Å². The third kappa shape index (κ3) is 3.65.